The Morgan fingerprint density at radius 3 is 2.53 bits per heavy atom. The summed E-state index contributed by atoms with van der Waals surface area (Å²) >= 11 is 0. The van der Waals surface area contributed by atoms with Gasteiger partial charge in [0, 0.05) is 18.5 Å². The third-order valence-corrected chi connectivity index (χ3v) is 3.54. The molecule has 0 bridgehead atoms. The predicted molar refractivity (Wildman–Crippen MR) is 82.3 cm³/mol. The van der Waals surface area contributed by atoms with E-state index in [1.54, 1.807) is 38.2 Å². The quantitative estimate of drug-likeness (QED) is 0.806. The van der Waals surface area contributed by atoms with Crippen LogP contribution in [0.3, 0.4) is 0 Å². The fourth-order valence-electron chi connectivity index (χ4n) is 1.33. The maximum atomic E-state index is 11.9. The van der Waals surface area contributed by atoms with Gasteiger partial charge in [-0.15, -0.1) is 0 Å². The fraction of sp³-hybridized carbons (Fsp3) is 0.462. The van der Waals surface area contributed by atoms with Gasteiger partial charge in [-0.3, -0.25) is 9.10 Å². The molecule has 0 fully saturated rings. The number of anilines is 2. The molecule has 0 aromatic heterocycles. The van der Waals surface area contributed by atoms with E-state index in [0.717, 1.165) is 0 Å². The second kappa shape index (κ2) is 9.38. The van der Waals surface area contributed by atoms with Crippen LogP contribution in [0.2, 0.25) is 0 Å². The van der Waals surface area contributed by atoms with Gasteiger partial charge in [0.05, 0.1) is 5.69 Å². The van der Waals surface area contributed by atoms with Gasteiger partial charge in [-0.25, -0.2) is 4.21 Å². The van der Waals surface area contributed by atoms with Gasteiger partial charge in [-0.05, 0) is 18.2 Å². The van der Waals surface area contributed by atoms with Gasteiger partial charge < -0.3 is 11.1 Å². The molecule has 1 aromatic rings. The van der Waals surface area contributed by atoms with Crippen molar-refractivity contribution in [2.24, 2.45) is 0 Å². The second-order valence-corrected chi connectivity index (χ2v) is 5.08. The molecule has 0 radical (unpaired) electrons. The average molecular weight is 285 g/mol. The maximum absolute atomic E-state index is 11.9. The minimum Gasteiger partial charge on any atom is -0.399 e. The Morgan fingerprint density at radius 2 is 2.05 bits per heavy atom. The standard InChI is InChI=1S/C11H17N3O2S.C2H6/c1-3-17(16)14(8-11(15)13-2)10-6-4-5-9(12)7-10;1-2/h4-7H,3,8,12H2,1-2H3,(H,13,15);1-2H3. The summed E-state index contributed by atoms with van der Waals surface area (Å²) in [7, 11) is 0.321. The smallest absolute Gasteiger partial charge is 0.240 e. The second-order valence-electron chi connectivity index (χ2n) is 3.41. The van der Waals surface area contributed by atoms with Crippen LogP contribution < -0.4 is 15.4 Å². The van der Waals surface area contributed by atoms with Crippen LogP contribution in [0.15, 0.2) is 24.3 Å². The van der Waals surface area contributed by atoms with E-state index in [0.29, 0.717) is 17.1 Å². The monoisotopic (exact) mass is 285 g/mol. The topological polar surface area (TPSA) is 75.4 Å². The summed E-state index contributed by atoms with van der Waals surface area (Å²) in [4.78, 5) is 11.4. The van der Waals surface area contributed by atoms with E-state index >= 15 is 0 Å². The lowest BCUT2D eigenvalue weighted by Crippen LogP contribution is -2.37. The van der Waals surface area contributed by atoms with E-state index in [9.17, 15) is 9.00 Å². The lowest BCUT2D eigenvalue weighted by Gasteiger charge is -2.22. The number of nitrogens with zero attached hydrogens (tertiary/aromatic N) is 1. The lowest BCUT2D eigenvalue weighted by molar-refractivity contribution is -0.119. The van der Waals surface area contributed by atoms with Crippen LogP contribution >= 0.6 is 0 Å². The zero-order valence-corrected chi connectivity index (χ0v) is 12.8. The van der Waals surface area contributed by atoms with Crippen LogP contribution in [0.4, 0.5) is 11.4 Å². The van der Waals surface area contributed by atoms with Crippen molar-refractivity contribution >= 4 is 28.3 Å². The van der Waals surface area contributed by atoms with Gasteiger partial charge in [0.2, 0.25) is 5.91 Å². The lowest BCUT2D eigenvalue weighted by atomic mass is 10.3. The van der Waals surface area contributed by atoms with Crippen molar-refractivity contribution in [3.63, 3.8) is 0 Å². The highest BCUT2D eigenvalue weighted by Crippen LogP contribution is 2.19. The molecule has 1 unspecified atom stereocenters. The highest BCUT2D eigenvalue weighted by Gasteiger charge is 2.15. The number of nitrogens with two attached hydrogens (primary N) is 1. The number of nitrogens with one attached hydrogen (secondary N) is 1. The minimum atomic E-state index is -1.23. The predicted octanol–water partition coefficient (Wildman–Crippen LogP) is 1.53. The summed E-state index contributed by atoms with van der Waals surface area (Å²) in [5.41, 5.74) is 6.94. The zero-order valence-electron chi connectivity index (χ0n) is 12.0. The Bertz CT molecular complexity index is 424. The number of carbonyl (C=O) groups excluding carboxylic acids is 1. The van der Waals surface area contributed by atoms with E-state index in [1.165, 1.54) is 4.31 Å². The van der Waals surface area contributed by atoms with Crippen LogP contribution in [0.1, 0.15) is 20.8 Å². The first-order valence-corrected chi connectivity index (χ1v) is 7.58. The number of benzene rings is 1. The van der Waals surface area contributed by atoms with Crippen molar-refractivity contribution in [2.45, 2.75) is 20.8 Å². The van der Waals surface area contributed by atoms with Crippen molar-refractivity contribution < 1.29 is 9.00 Å². The van der Waals surface area contributed by atoms with Crippen molar-refractivity contribution in [2.75, 3.05) is 29.4 Å². The zero-order chi connectivity index (χ0) is 14.8. The highest BCUT2D eigenvalue weighted by atomic mass is 32.2. The first-order valence-electron chi connectivity index (χ1n) is 6.30. The van der Waals surface area contributed by atoms with Crippen molar-refractivity contribution in [1.29, 1.82) is 0 Å². The molecule has 19 heavy (non-hydrogen) atoms. The highest BCUT2D eigenvalue weighted by molar-refractivity contribution is 7.86. The maximum Gasteiger partial charge on any atom is 0.240 e. The number of rotatable bonds is 5. The number of hydrogen-bond acceptors (Lipinski definition) is 3. The Morgan fingerprint density at radius 1 is 1.42 bits per heavy atom. The van der Waals surface area contributed by atoms with Gasteiger partial charge >= 0.3 is 0 Å². The molecule has 0 aliphatic heterocycles. The Labute approximate surface area is 117 Å². The first-order chi connectivity index (χ1) is 9.08. The van der Waals surface area contributed by atoms with Gasteiger partial charge in [-0.2, -0.15) is 0 Å². The third-order valence-electron chi connectivity index (χ3n) is 2.22. The number of carbonyl (C=O) groups is 1. The molecule has 1 rings (SSSR count). The van der Waals surface area contributed by atoms with Gasteiger partial charge in [-0.1, -0.05) is 26.8 Å². The van der Waals surface area contributed by atoms with Crippen molar-refractivity contribution in [3.8, 4) is 0 Å². The average Bonchev–Trinajstić information content (AvgIpc) is 2.45. The molecule has 6 heteroatoms. The van der Waals surface area contributed by atoms with Crippen LogP contribution in [0.5, 0.6) is 0 Å². The van der Waals surface area contributed by atoms with E-state index in [-0.39, 0.29) is 12.5 Å². The first kappa shape index (κ1) is 17.4. The Kier molecular flexibility index (Phi) is 8.61. The molecular formula is C13H23N3O2S. The summed E-state index contributed by atoms with van der Waals surface area (Å²) in [6, 6.07) is 7.01. The molecule has 0 spiro atoms. The van der Waals surface area contributed by atoms with E-state index in [4.69, 9.17) is 5.73 Å². The molecule has 108 valence electrons. The normalized spacial score (nSPS) is 10.9. The van der Waals surface area contributed by atoms with Crippen molar-refractivity contribution in [1.82, 2.24) is 5.32 Å². The SMILES string of the molecule is CC.CCS(=O)N(CC(=O)NC)c1cccc(N)c1. The molecule has 3 N–H and O–H groups in total. The molecule has 1 aromatic carbocycles. The van der Waals surface area contributed by atoms with E-state index < -0.39 is 11.0 Å². The van der Waals surface area contributed by atoms with Gasteiger partial charge in [0.15, 0.2) is 0 Å². The summed E-state index contributed by atoms with van der Waals surface area (Å²) in [5.74, 6) is 0.264. The molecule has 5 nitrogen and oxygen atoms in total. The molecule has 1 amide bonds. The van der Waals surface area contributed by atoms with Crippen molar-refractivity contribution in [3.05, 3.63) is 24.3 Å². The number of likely N-dealkylation sites (N-methyl/N-ethyl adjacent to an activating group) is 1. The molecule has 1 atom stereocenters. The number of nitrogen functional groups attached to an aromatic ring is 1. The summed E-state index contributed by atoms with van der Waals surface area (Å²) in [6.45, 7) is 5.86. The minimum absolute atomic E-state index is 0.0560. The molecule has 0 heterocycles. The summed E-state index contributed by atoms with van der Waals surface area (Å²) in [5, 5.41) is 2.51. The molecule has 0 saturated heterocycles. The van der Waals surface area contributed by atoms with E-state index in [1.807, 2.05) is 13.8 Å². The fourth-order valence-corrected chi connectivity index (χ4v) is 2.25. The Hall–Kier alpha value is -1.56. The van der Waals surface area contributed by atoms with E-state index in [2.05, 4.69) is 5.32 Å². The molecule has 0 saturated carbocycles. The van der Waals surface area contributed by atoms with Crippen LogP contribution in [-0.2, 0) is 15.8 Å². The van der Waals surface area contributed by atoms with Crippen LogP contribution in [0, 0.1) is 0 Å². The number of hydrogen-bond donors (Lipinski definition) is 2. The summed E-state index contributed by atoms with van der Waals surface area (Å²) in [6.07, 6.45) is 0. The number of amides is 1. The largest absolute Gasteiger partial charge is 0.399 e. The van der Waals surface area contributed by atoms with Crippen LogP contribution in [0.25, 0.3) is 0 Å². The molecule has 0 aliphatic carbocycles. The van der Waals surface area contributed by atoms with Crippen LogP contribution in [-0.4, -0.2) is 29.5 Å². The Balaban J connectivity index is 0.00000154. The van der Waals surface area contributed by atoms with Gasteiger partial charge in [0.25, 0.3) is 0 Å². The molecule has 0 aliphatic rings. The summed E-state index contributed by atoms with van der Waals surface area (Å²) < 4.78 is 13.4. The third kappa shape index (κ3) is 5.74. The molecular weight excluding hydrogens is 262 g/mol. The van der Waals surface area contributed by atoms with Gasteiger partial charge in [0.1, 0.15) is 17.5 Å².